The Kier molecular flexibility index (Phi) is 3.60. The van der Waals surface area contributed by atoms with Crippen LogP contribution >= 0.6 is 0 Å². The van der Waals surface area contributed by atoms with Gasteiger partial charge in [-0.1, -0.05) is 25.0 Å². The van der Waals surface area contributed by atoms with E-state index in [1.807, 2.05) is 0 Å². The van der Waals surface area contributed by atoms with Gasteiger partial charge in [0.1, 0.15) is 0 Å². The van der Waals surface area contributed by atoms with E-state index in [4.69, 9.17) is 4.74 Å². The summed E-state index contributed by atoms with van der Waals surface area (Å²) < 4.78 is 4.87. The highest BCUT2D eigenvalue weighted by molar-refractivity contribution is 6.00. The quantitative estimate of drug-likeness (QED) is 0.892. The van der Waals surface area contributed by atoms with Crippen molar-refractivity contribution in [3.8, 4) is 0 Å². The lowest BCUT2D eigenvalue weighted by Crippen LogP contribution is -2.21. The first-order valence-electron chi connectivity index (χ1n) is 7.06. The number of nitrogens with one attached hydrogen (secondary N) is 2. The van der Waals surface area contributed by atoms with Crippen molar-refractivity contribution in [2.24, 2.45) is 5.92 Å². The molecule has 21 heavy (non-hydrogen) atoms. The van der Waals surface area contributed by atoms with Gasteiger partial charge in [0.25, 0.3) is 5.91 Å². The van der Waals surface area contributed by atoms with Crippen LogP contribution in [-0.4, -0.2) is 17.9 Å². The predicted octanol–water partition coefficient (Wildman–Crippen LogP) is 2.12. The van der Waals surface area contributed by atoms with Gasteiger partial charge in [0.15, 0.2) is 0 Å². The minimum atomic E-state index is -0.905. The number of hydrogen-bond acceptors (Lipinski definition) is 4. The standard InChI is InChI=1S/C15H16N2O4/c18-13(10-3-1-2-4-10)16-11-7-5-9(6-8-11)12-14(19)17-15(20)21-12/h5-8,10,12H,1-4H2,(H,16,18)(H,17,19,20). The van der Waals surface area contributed by atoms with Crippen molar-refractivity contribution >= 4 is 23.6 Å². The van der Waals surface area contributed by atoms with Gasteiger partial charge in [0.05, 0.1) is 0 Å². The molecule has 1 aromatic carbocycles. The zero-order chi connectivity index (χ0) is 14.8. The maximum Gasteiger partial charge on any atom is 0.415 e. The lowest BCUT2D eigenvalue weighted by atomic mass is 10.1. The molecule has 1 atom stereocenters. The Morgan fingerprint density at radius 2 is 1.81 bits per heavy atom. The molecule has 3 amide bonds. The Morgan fingerprint density at radius 1 is 1.14 bits per heavy atom. The molecule has 6 nitrogen and oxygen atoms in total. The predicted molar refractivity (Wildman–Crippen MR) is 74.4 cm³/mol. The van der Waals surface area contributed by atoms with E-state index in [-0.39, 0.29) is 11.8 Å². The summed E-state index contributed by atoms with van der Waals surface area (Å²) in [5.41, 5.74) is 1.26. The number of alkyl carbamates (subject to hydrolysis) is 1. The van der Waals surface area contributed by atoms with Crippen LogP contribution < -0.4 is 10.6 Å². The summed E-state index contributed by atoms with van der Waals surface area (Å²) in [5.74, 6) is -0.320. The average molecular weight is 288 g/mol. The molecule has 0 aromatic heterocycles. The third kappa shape index (κ3) is 2.89. The molecule has 1 aromatic rings. The molecule has 2 aliphatic rings. The first kappa shape index (κ1) is 13.6. The fourth-order valence-corrected chi connectivity index (χ4v) is 2.75. The van der Waals surface area contributed by atoms with Gasteiger partial charge in [-0.05, 0) is 25.0 Å². The number of hydrogen-bond donors (Lipinski definition) is 2. The molecule has 2 N–H and O–H groups in total. The van der Waals surface area contributed by atoms with E-state index >= 15 is 0 Å². The zero-order valence-corrected chi connectivity index (χ0v) is 11.4. The number of anilines is 1. The Hall–Kier alpha value is -2.37. The lowest BCUT2D eigenvalue weighted by molar-refractivity contribution is -0.123. The first-order chi connectivity index (χ1) is 10.1. The van der Waals surface area contributed by atoms with Gasteiger partial charge in [0.2, 0.25) is 12.0 Å². The monoisotopic (exact) mass is 288 g/mol. The Morgan fingerprint density at radius 3 is 2.38 bits per heavy atom. The molecule has 2 fully saturated rings. The number of carbonyl (C=O) groups is 3. The Balaban J connectivity index is 1.65. The normalized spacial score (nSPS) is 22.0. The van der Waals surface area contributed by atoms with Gasteiger partial charge >= 0.3 is 6.09 Å². The fourth-order valence-electron chi connectivity index (χ4n) is 2.75. The number of cyclic esters (lactones) is 1. The molecule has 1 aliphatic carbocycles. The van der Waals surface area contributed by atoms with Gasteiger partial charge in [-0.2, -0.15) is 0 Å². The van der Waals surface area contributed by atoms with Crippen LogP contribution in [0.15, 0.2) is 24.3 Å². The van der Waals surface area contributed by atoms with Crippen LogP contribution in [0.4, 0.5) is 10.5 Å². The van der Waals surface area contributed by atoms with E-state index in [9.17, 15) is 14.4 Å². The third-order valence-corrected chi connectivity index (χ3v) is 3.90. The summed E-state index contributed by atoms with van der Waals surface area (Å²) in [6.45, 7) is 0. The second-order valence-corrected chi connectivity index (χ2v) is 5.37. The van der Waals surface area contributed by atoms with Crippen LogP contribution in [0, 0.1) is 5.92 Å². The maximum absolute atomic E-state index is 12.0. The van der Waals surface area contributed by atoms with Crippen molar-refractivity contribution in [2.45, 2.75) is 31.8 Å². The maximum atomic E-state index is 12.0. The highest BCUT2D eigenvalue weighted by Crippen LogP contribution is 2.27. The van der Waals surface area contributed by atoms with Crippen LogP contribution in [0.1, 0.15) is 37.4 Å². The van der Waals surface area contributed by atoms with E-state index in [1.165, 1.54) is 0 Å². The molecule has 0 bridgehead atoms. The molecule has 3 rings (SSSR count). The summed E-state index contributed by atoms with van der Waals surface area (Å²) in [5, 5.41) is 4.95. The van der Waals surface area contributed by atoms with Gasteiger partial charge in [-0.25, -0.2) is 4.79 Å². The molecule has 0 radical (unpaired) electrons. The van der Waals surface area contributed by atoms with Gasteiger partial charge in [0, 0.05) is 17.2 Å². The van der Waals surface area contributed by atoms with Gasteiger partial charge in [-0.3, -0.25) is 14.9 Å². The summed E-state index contributed by atoms with van der Waals surface area (Å²) in [6, 6.07) is 6.77. The summed E-state index contributed by atoms with van der Waals surface area (Å²) in [6.07, 6.45) is 2.48. The van der Waals surface area contributed by atoms with E-state index in [0.29, 0.717) is 11.3 Å². The smallest absolute Gasteiger partial charge is 0.415 e. The van der Waals surface area contributed by atoms with Crippen molar-refractivity contribution in [3.05, 3.63) is 29.8 Å². The van der Waals surface area contributed by atoms with Crippen LogP contribution in [0.25, 0.3) is 0 Å². The zero-order valence-electron chi connectivity index (χ0n) is 11.4. The second-order valence-electron chi connectivity index (χ2n) is 5.37. The molecule has 1 aliphatic heterocycles. The lowest BCUT2D eigenvalue weighted by Gasteiger charge is -2.11. The minimum absolute atomic E-state index is 0.0466. The number of amides is 3. The third-order valence-electron chi connectivity index (χ3n) is 3.90. The summed E-state index contributed by atoms with van der Waals surface area (Å²) >= 11 is 0. The van der Waals surface area contributed by atoms with Crippen molar-refractivity contribution in [1.29, 1.82) is 0 Å². The number of ether oxygens (including phenoxy) is 1. The van der Waals surface area contributed by atoms with E-state index in [2.05, 4.69) is 10.6 Å². The van der Waals surface area contributed by atoms with Crippen LogP contribution in [0.2, 0.25) is 0 Å². The molecule has 1 saturated heterocycles. The molecular weight excluding hydrogens is 272 g/mol. The van der Waals surface area contributed by atoms with Gasteiger partial charge < -0.3 is 10.1 Å². The van der Waals surface area contributed by atoms with Crippen molar-refractivity contribution in [2.75, 3.05) is 5.32 Å². The van der Waals surface area contributed by atoms with E-state index in [1.54, 1.807) is 24.3 Å². The SMILES string of the molecule is O=C1NC(=O)C(c2ccc(NC(=O)C3CCCC3)cc2)O1. The minimum Gasteiger partial charge on any atom is -0.431 e. The average Bonchev–Trinajstić information content (AvgIpc) is 3.09. The van der Waals surface area contributed by atoms with Crippen molar-refractivity contribution < 1.29 is 19.1 Å². The molecule has 0 spiro atoms. The molecular formula is C15H16N2O4. The highest BCUT2D eigenvalue weighted by Gasteiger charge is 2.33. The number of imide groups is 1. The summed E-state index contributed by atoms with van der Waals surface area (Å²) in [7, 11) is 0. The largest absolute Gasteiger partial charge is 0.431 e. The summed E-state index contributed by atoms with van der Waals surface area (Å²) in [4.78, 5) is 34.5. The second kappa shape index (κ2) is 5.55. The number of benzene rings is 1. The van der Waals surface area contributed by atoms with Crippen LogP contribution in [-0.2, 0) is 14.3 Å². The Labute approximate surface area is 121 Å². The van der Waals surface area contributed by atoms with Crippen molar-refractivity contribution in [1.82, 2.24) is 5.32 Å². The highest BCUT2D eigenvalue weighted by atomic mass is 16.6. The number of carbonyl (C=O) groups excluding carboxylic acids is 3. The van der Waals surface area contributed by atoms with E-state index in [0.717, 1.165) is 25.7 Å². The molecule has 110 valence electrons. The van der Waals surface area contributed by atoms with Gasteiger partial charge in [-0.15, -0.1) is 0 Å². The topological polar surface area (TPSA) is 84.5 Å². The molecule has 1 heterocycles. The van der Waals surface area contributed by atoms with Crippen molar-refractivity contribution in [3.63, 3.8) is 0 Å². The Bertz CT molecular complexity index is 576. The molecule has 1 saturated carbocycles. The number of rotatable bonds is 3. The van der Waals surface area contributed by atoms with Crippen LogP contribution in [0.3, 0.4) is 0 Å². The van der Waals surface area contributed by atoms with E-state index < -0.39 is 18.1 Å². The fraction of sp³-hybridized carbons (Fsp3) is 0.400. The van der Waals surface area contributed by atoms with Crippen LogP contribution in [0.5, 0.6) is 0 Å². The molecule has 6 heteroatoms. The molecule has 1 unspecified atom stereocenters. The first-order valence-corrected chi connectivity index (χ1v) is 7.06.